The Morgan fingerprint density at radius 1 is 1.17 bits per heavy atom. The maximum Gasteiger partial charge on any atom is 0.123 e. The molecule has 1 unspecified atom stereocenters. The van der Waals surface area contributed by atoms with Crippen molar-refractivity contribution in [2.24, 2.45) is 0 Å². The van der Waals surface area contributed by atoms with Gasteiger partial charge in [0, 0.05) is 0 Å². The first-order valence-corrected chi connectivity index (χ1v) is 5.85. The van der Waals surface area contributed by atoms with Crippen LogP contribution < -0.4 is 5.32 Å². The molecule has 0 aliphatic heterocycles. The molecule has 2 rings (SSSR count). The van der Waals surface area contributed by atoms with E-state index in [-0.39, 0.29) is 11.9 Å². The predicted molar refractivity (Wildman–Crippen MR) is 68.8 cm³/mol. The van der Waals surface area contributed by atoms with E-state index in [4.69, 9.17) is 0 Å². The van der Waals surface area contributed by atoms with Crippen molar-refractivity contribution >= 4 is 0 Å². The SMILES string of the molecule is CNC(c1cccc(F)c1)c1cc(C)nnc1C. The van der Waals surface area contributed by atoms with Gasteiger partial charge < -0.3 is 5.32 Å². The van der Waals surface area contributed by atoms with E-state index in [1.54, 1.807) is 6.07 Å². The molecule has 3 nitrogen and oxygen atoms in total. The third kappa shape index (κ3) is 2.54. The zero-order valence-electron chi connectivity index (χ0n) is 10.7. The molecular formula is C14H16FN3. The molecule has 1 N–H and O–H groups in total. The van der Waals surface area contributed by atoms with Crippen LogP contribution in [0.5, 0.6) is 0 Å². The fourth-order valence-corrected chi connectivity index (χ4v) is 2.05. The molecule has 2 aromatic rings. The maximum atomic E-state index is 13.3. The average Bonchev–Trinajstić information content (AvgIpc) is 2.35. The first-order chi connectivity index (χ1) is 8.61. The van der Waals surface area contributed by atoms with Crippen LogP contribution in [-0.4, -0.2) is 17.2 Å². The Kier molecular flexibility index (Phi) is 3.67. The molecule has 0 bridgehead atoms. The van der Waals surface area contributed by atoms with Gasteiger partial charge in [-0.15, -0.1) is 0 Å². The maximum absolute atomic E-state index is 13.3. The molecule has 0 fully saturated rings. The summed E-state index contributed by atoms with van der Waals surface area (Å²) in [6.45, 7) is 3.81. The Bertz CT molecular complexity index is 554. The van der Waals surface area contributed by atoms with Gasteiger partial charge in [0.1, 0.15) is 5.82 Å². The molecule has 18 heavy (non-hydrogen) atoms. The highest BCUT2D eigenvalue weighted by molar-refractivity contribution is 5.34. The number of halogens is 1. The summed E-state index contributed by atoms with van der Waals surface area (Å²) in [4.78, 5) is 0. The van der Waals surface area contributed by atoms with Gasteiger partial charge >= 0.3 is 0 Å². The van der Waals surface area contributed by atoms with Gasteiger partial charge in [0.05, 0.1) is 17.4 Å². The van der Waals surface area contributed by atoms with Crippen LogP contribution in [0.4, 0.5) is 4.39 Å². The Morgan fingerprint density at radius 3 is 2.61 bits per heavy atom. The molecule has 0 amide bonds. The fourth-order valence-electron chi connectivity index (χ4n) is 2.05. The van der Waals surface area contributed by atoms with Gasteiger partial charge in [0.2, 0.25) is 0 Å². The minimum Gasteiger partial charge on any atom is -0.309 e. The lowest BCUT2D eigenvalue weighted by atomic mass is 9.97. The van der Waals surface area contributed by atoms with Gasteiger partial charge in [-0.2, -0.15) is 10.2 Å². The number of aryl methyl sites for hydroxylation is 2. The molecule has 1 aromatic heterocycles. The second-order valence-corrected chi connectivity index (χ2v) is 4.30. The molecule has 0 aliphatic rings. The minimum atomic E-state index is -0.232. The van der Waals surface area contributed by atoms with Crippen LogP contribution in [0.2, 0.25) is 0 Å². The number of nitrogens with zero attached hydrogens (tertiary/aromatic N) is 2. The first-order valence-electron chi connectivity index (χ1n) is 5.85. The molecule has 0 saturated heterocycles. The summed E-state index contributed by atoms with van der Waals surface area (Å²) in [5.41, 5.74) is 3.61. The lowest BCUT2D eigenvalue weighted by Crippen LogP contribution is -2.19. The lowest BCUT2D eigenvalue weighted by Gasteiger charge is -2.19. The third-order valence-corrected chi connectivity index (χ3v) is 2.92. The van der Waals surface area contributed by atoms with Crippen LogP contribution in [0, 0.1) is 19.7 Å². The number of benzene rings is 1. The molecule has 0 saturated carbocycles. The fraction of sp³-hybridized carbons (Fsp3) is 0.286. The molecule has 1 heterocycles. The van der Waals surface area contributed by atoms with E-state index in [1.165, 1.54) is 12.1 Å². The van der Waals surface area contributed by atoms with Crippen molar-refractivity contribution in [1.29, 1.82) is 0 Å². The van der Waals surface area contributed by atoms with E-state index in [2.05, 4.69) is 15.5 Å². The summed E-state index contributed by atoms with van der Waals surface area (Å²) < 4.78 is 13.3. The normalized spacial score (nSPS) is 12.4. The molecule has 1 aromatic carbocycles. The Morgan fingerprint density at radius 2 is 1.94 bits per heavy atom. The second kappa shape index (κ2) is 5.23. The summed E-state index contributed by atoms with van der Waals surface area (Å²) in [6, 6.07) is 8.50. The van der Waals surface area contributed by atoms with Crippen molar-refractivity contribution < 1.29 is 4.39 Å². The minimum absolute atomic E-state index is 0.0742. The zero-order chi connectivity index (χ0) is 13.1. The summed E-state index contributed by atoms with van der Waals surface area (Å²) in [7, 11) is 1.85. The van der Waals surface area contributed by atoms with Crippen LogP contribution in [-0.2, 0) is 0 Å². The summed E-state index contributed by atoms with van der Waals surface area (Å²) in [6.07, 6.45) is 0. The quantitative estimate of drug-likeness (QED) is 0.903. The summed E-state index contributed by atoms with van der Waals surface area (Å²) in [5.74, 6) is -0.232. The third-order valence-electron chi connectivity index (χ3n) is 2.92. The first kappa shape index (κ1) is 12.6. The number of hydrogen-bond acceptors (Lipinski definition) is 3. The van der Waals surface area contributed by atoms with Crippen LogP contribution in [0.3, 0.4) is 0 Å². The highest BCUT2D eigenvalue weighted by Gasteiger charge is 2.16. The molecule has 0 aliphatic carbocycles. The number of hydrogen-bond donors (Lipinski definition) is 1. The average molecular weight is 245 g/mol. The predicted octanol–water partition coefficient (Wildman–Crippen LogP) is 2.54. The van der Waals surface area contributed by atoms with Crippen LogP contribution in [0.25, 0.3) is 0 Å². The largest absolute Gasteiger partial charge is 0.309 e. The molecule has 0 spiro atoms. The molecule has 4 heteroatoms. The second-order valence-electron chi connectivity index (χ2n) is 4.30. The van der Waals surface area contributed by atoms with Crippen molar-refractivity contribution in [1.82, 2.24) is 15.5 Å². The Balaban J connectivity index is 2.48. The lowest BCUT2D eigenvalue weighted by molar-refractivity contribution is 0.615. The Labute approximate surface area is 106 Å². The van der Waals surface area contributed by atoms with Gasteiger partial charge in [0.25, 0.3) is 0 Å². The highest BCUT2D eigenvalue weighted by atomic mass is 19.1. The van der Waals surface area contributed by atoms with Crippen molar-refractivity contribution in [3.05, 3.63) is 58.7 Å². The van der Waals surface area contributed by atoms with Crippen molar-refractivity contribution in [3.63, 3.8) is 0 Å². The van der Waals surface area contributed by atoms with Crippen molar-refractivity contribution in [2.75, 3.05) is 7.05 Å². The van der Waals surface area contributed by atoms with Gasteiger partial charge in [-0.3, -0.25) is 0 Å². The van der Waals surface area contributed by atoms with Gasteiger partial charge in [-0.25, -0.2) is 4.39 Å². The smallest absolute Gasteiger partial charge is 0.123 e. The van der Waals surface area contributed by atoms with E-state index >= 15 is 0 Å². The van der Waals surface area contributed by atoms with Crippen molar-refractivity contribution in [3.8, 4) is 0 Å². The van der Waals surface area contributed by atoms with E-state index in [1.807, 2.05) is 33.0 Å². The van der Waals surface area contributed by atoms with E-state index in [9.17, 15) is 4.39 Å². The zero-order valence-corrected chi connectivity index (χ0v) is 10.7. The van der Waals surface area contributed by atoms with E-state index < -0.39 is 0 Å². The van der Waals surface area contributed by atoms with Gasteiger partial charge in [-0.05, 0) is 50.2 Å². The number of rotatable bonds is 3. The van der Waals surface area contributed by atoms with Crippen LogP contribution in [0.15, 0.2) is 30.3 Å². The highest BCUT2D eigenvalue weighted by Crippen LogP contribution is 2.24. The topological polar surface area (TPSA) is 37.8 Å². The molecule has 94 valence electrons. The van der Waals surface area contributed by atoms with E-state index in [0.29, 0.717) is 0 Å². The van der Waals surface area contributed by atoms with Crippen molar-refractivity contribution in [2.45, 2.75) is 19.9 Å². The summed E-state index contributed by atoms with van der Waals surface area (Å²) in [5, 5.41) is 11.3. The number of aromatic nitrogens is 2. The molecule has 0 radical (unpaired) electrons. The van der Waals surface area contributed by atoms with Crippen LogP contribution >= 0.6 is 0 Å². The van der Waals surface area contributed by atoms with Gasteiger partial charge in [0.15, 0.2) is 0 Å². The van der Waals surface area contributed by atoms with Crippen LogP contribution in [0.1, 0.15) is 28.6 Å². The monoisotopic (exact) mass is 245 g/mol. The molecular weight excluding hydrogens is 229 g/mol. The standard InChI is InChI=1S/C14H16FN3/c1-9-7-13(10(2)18-17-9)14(16-3)11-5-4-6-12(15)8-11/h4-8,14,16H,1-3H3. The van der Waals surface area contributed by atoms with Gasteiger partial charge in [-0.1, -0.05) is 12.1 Å². The van der Waals surface area contributed by atoms with E-state index in [0.717, 1.165) is 22.5 Å². The number of nitrogens with one attached hydrogen (secondary N) is 1. The Hall–Kier alpha value is -1.81. The summed E-state index contributed by atoms with van der Waals surface area (Å²) >= 11 is 0. The molecule has 1 atom stereocenters.